The van der Waals surface area contributed by atoms with Crippen LogP contribution in [0.4, 0.5) is 5.69 Å². The van der Waals surface area contributed by atoms with E-state index in [1.54, 1.807) is 24.3 Å². The van der Waals surface area contributed by atoms with Gasteiger partial charge in [-0.2, -0.15) is 0 Å². The van der Waals surface area contributed by atoms with Gasteiger partial charge in [0, 0.05) is 11.1 Å². The molecule has 1 N–H and O–H groups in total. The van der Waals surface area contributed by atoms with Crippen molar-refractivity contribution < 1.29 is 13.2 Å². The zero-order valence-corrected chi connectivity index (χ0v) is 15.0. The average molecular weight is 359 g/mol. The maximum absolute atomic E-state index is 12.3. The lowest BCUT2D eigenvalue weighted by molar-refractivity contribution is -0.120. The number of nitrogens with one attached hydrogen (secondary N) is 1. The second-order valence-electron chi connectivity index (χ2n) is 6.19. The molecule has 1 aliphatic carbocycles. The fourth-order valence-electron chi connectivity index (χ4n) is 2.94. The van der Waals surface area contributed by atoms with Gasteiger partial charge in [0.25, 0.3) is 0 Å². The van der Waals surface area contributed by atoms with Gasteiger partial charge in [-0.1, -0.05) is 37.4 Å². The first-order chi connectivity index (χ1) is 10.8. The van der Waals surface area contributed by atoms with Crippen LogP contribution in [0.1, 0.15) is 32.6 Å². The van der Waals surface area contributed by atoms with Crippen LogP contribution in [-0.2, 0) is 14.8 Å². The number of nitrogens with zero attached hydrogens (tertiary/aromatic N) is 1. The zero-order chi connectivity index (χ0) is 17.0. The normalized spacial score (nSPS) is 21.7. The average Bonchev–Trinajstić information content (AvgIpc) is 2.46. The molecule has 1 saturated carbocycles. The van der Waals surface area contributed by atoms with Gasteiger partial charge in [0.05, 0.1) is 11.9 Å². The summed E-state index contributed by atoms with van der Waals surface area (Å²) >= 11 is 5.93. The standard InChI is InChI=1S/C16H23ClN2O3S/c1-12-6-3-4-9-15(12)18-16(20)11-19(23(2,21)22)14-8-5-7-13(17)10-14/h5,7-8,10,12,15H,3-4,6,9,11H2,1-2H3,(H,18,20)/t12-,15+/m0/s1. The van der Waals surface area contributed by atoms with Gasteiger partial charge in [-0.15, -0.1) is 0 Å². The third-order valence-corrected chi connectivity index (χ3v) is 5.62. The number of hydrogen-bond acceptors (Lipinski definition) is 3. The lowest BCUT2D eigenvalue weighted by Crippen LogP contribution is -2.47. The van der Waals surface area contributed by atoms with Crippen molar-refractivity contribution in [1.29, 1.82) is 0 Å². The molecule has 0 radical (unpaired) electrons. The number of hydrogen-bond donors (Lipinski definition) is 1. The smallest absolute Gasteiger partial charge is 0.241 e. The summed E-state index contributed by atoms with van der Waals surface area (Å²) in [5, 5.41) is 3.41. The van der Waals surface area contributed by atoms with Gasteiger partial charge in [-0.25, -0.2) is 8.42 Å². The van der Waals surface area contributed by atoms with Gasteiger partial charge in [0.15, 0.2) is 0 Å². The lowest BCUT2D eigenvalue weighted by Gasteiger charge is -2.30. The van der Waals surface area contributed by atoms with Gasteiger partial charge in [-0.05, 0) is 37.0 Å². The van der Waals surface area contributed by atoms with Gasteiger partial charge in [0.1, 0.15) is 6.54 Å². The van der Waals surface area contributed by atoms with Crippen LogP contribution >= 0.6 is 11.6 Å². The second-order valence-corrected chi connectivity index (χ2v) is 8.53. The molecule has 128 valence electrons. The third-order valence-electron chi connectivity index (χ3n) is 4.24. The van der Waals surface area contributed by atoms with Crippen molar-refractivity contribution in [2.24, 2.45) is 5.92 Å². The lowest BCUT2D eigenvalue weighted by atomic mass is 9.86. The Bertz CT molecular complexity index is 663. The van der Waals surface area contributed by atoms with Gasteiger partial charge < -0.3 is 5.32 Å². The minimum absolute atomic E-state index is 0.122. The summed E-state index contributed by atoms with van der Waals surface area (Å²) in [5.41, 5.74) is 0.395. The van der Waals surface area contributed by atoms with E-state index < -0.39 is 10.0 Å². The molecular formula is C16H23ClN2O3S. The first-order valence-electron chi connectivity index (χ1n) is 7.80. The molecule has 1 aromatic carbocycles. The molecule has 2 atom stereocenters. The number of carbonyl (C=O) groups excluding carboxylic acids is 1. The van der Waals surface area contributed by atoms with Gasteiger partial charge >= 0.3 is 0 Å². The number of sulfonamides is 1. The Morgan fingerprint density at radius 1 is 1.35 bits per heavy atom. The molecule has 1 aromatic rings. The number of anilines is 1. The molecule has 1 fully saturated rings. The van der Waals surface area contributed by atoms with E-state index in [9.17, 15) is 13.2 Å². The Morgan fingerprint density at radius 3 is 2.65 bits per heavy atom. The van der Waals surface area contributed by atoms with Crippen molar-refractivity contribution >= 4 is 33.2 Å². The highest BCUT2D eigenvalue weighted by Crippen LogP contribution is 2.24. The van der Waals surface area contributed by atoms with Crippen molar-refractivity contribution in [3.8, 4) is 0 Å². The molecule has 0 spiro atoms. The summed E-state index contributed by atoms with van der Waals surface area (Å²) in [6, 6.07) is 6.62. The third kappa shape index (κ3) is 5.11. The molecule has 1 amide bonds. The van der Waals surface area contributed by atoms with Crippen molar-refractivity contribution in [3.63, 3.8) is 0 Å². The van der Waals surface area contributed by atoms with Crippen LogP contribution in [0.25, 0.3) is 0 Å². The van der Waals surface area contributed by atoms with Crippen LogP contribution in [0.3, 0.4) is 0 Å². The minimum Gasteiger partial charge on any atom is -0.352 e. The molecule has 23 heavy (non-hydrogen) atoms. The predicted octanol–water partition coefficient (Wildman–Crippen LogP) is 2.80. The number of amides is 1. The Kier molecular flexibility index (Phi) is 5.92. The molecule has 0 aromatic heterocycles. The SMILES string of the molecule is C[C@H]1CCCC[C@H]1NC(=O)CN(c1cccc(Cl)c1)S(C)(=O)=O. The topological polar surface area (TPSA) is 66.5 Å². The molecule has 0 bridgehead atoms. The van der Waals surface area contributed by atoms with Crippen molar-refractivity contribution in [2.45, 2.75) is 38.6 Å². The van der Waals surface area contributed by atoms with E-state index in [2.05, 4.69) is 12.2 Å². The van der Waals surface area contributed by atoms with Crippen LogP contribution in [0.15, 0.2) is 24.3 Å². The quantitative estimate of drug-likeness (QED) is 0.880. The van der Waals surface area contributed by atoms with Crippen LogP contribution in [0, 0.1) is 5.92 Å². The predicted molar refractivity (Wildman–Crippen MR) is 93.2 cm³/mol. The molecule has 0 heterocycles. The summed E-state index contributed by atoms with van der Waals surface area (Å²) in [6.45, 7) is 1.89. The Labute approximate surface area is 143 Å². The van der Waals surface area contributed by atoms with Crippen LogP contribution in [0.2, 0.25) is 5.02 Å². The summed E-state index contributed by atoms with van der Waals surface area (Å²) in [7, 11) is -3.57. The number of benzene rings is 1. The number of halogens is 1. The molecular weight excluding hydrogens is 336 g/mol. The largest absolute Gasteiger partial charge is 0.352 e. The Balaban J connectivity index is 2.10. The molecule has 2 rings (SSSR count). The van der Waals surface area contributed by atoms with E-state index in [0.29, 0.717) is 16.6 Å². The van der Waals surface area contributed by atoms with E-state index in [1.165, 1.54) is 6.42 Å². The van der Waals surface area contributed by atoms with E-state index in [0.717, 1.165) is 29.8 Å². The molecule has 0 unspecified atom stereocenters. The molecule has 0 aliphatic heterocycles. The molecule has 7 heteroatoms. The maximum atomic E-state index is 12.3. The van der Waals surface area contributed by atoms with Crippen LogP contribution in [0.5, 0.6) is 0 Å². The fourth-order valence-corrected chi connectivity index (χ4v) is 3.98. The van der Waals surface area contributed by atoms with Gasteiger partial charge in [0.2, 0.25) is 15.9 Å². The van der Waals surface area contributed by atoms with Crippen LogP contribution < -0.4 is 9.62 Å². The van der Waals surface area contributed by atoms with Crippen molar-refractivity contribution in [2.75, 3.05) is 17.1 Å². The van der Waals surface area contributed by atoms with Crippen LogP contribution in [-0.4, -0.2) is 33.2 Å². The summed E-state index contributed by atoms with van der Waals surface area (Å²) in [6.07, 6.45) is 5.41. The summed E-state index contributed by atoms with van der Waals surface area (Å²) in [4.78, 5) is 12.3. The van der Waals surface area contributed by atoms with E-state index in [1.807, 2.05) is 0 Å². The first-order valence-corrected chi connectivity index (χ1v) is 10.0. The Hall–Kier alpha value is -1.27. The summed E-state index contributed by atoms with van der Waals surface area (Å²) < 4.78 is 25.2. The van der Waals surface area contributed by atoms with E-state index >= 15 is 0 Å². The van der Waals surface area contributed by atoms with Crippen molar-refractivity contribution in [3.05, 3.63) is 29.3 Å². The van der Waals surface area contributed by atoms with E-state index in [-0.39, 0.29) is 18.5 Å². The number of carbonyl (C=O) groups is 1. The fraction of sp³-hybridized carbons (Fsp3) is 0.562. The first kappa shape index (κ1) is 18.1. The molecule has 1 aliphatic rings. The highest BCUT2D eigenvalue weighted by Gasteiger charge is 2.26. The van der Waals surface area contributed by atoms with Crippen molar-refractivity contribution in [1.82, 2.24) is 5.32 Å². The zero-order valence-electron chi connectivity index (χ0n) is 13.5. The monoisotopic (exact) mass is 358 g/mol. The minimum atomic E-state index is -3.57. The molecule has 5 nitrogen and oxygen atoms in total. The van der Waals surface area contributed by atoms with E-state index in [4.69, 9.17) is 11.6 Å². The maximum Gasteiger partial charge on any atom is 0.241 e. The van der Waals surface area contributed by atoms with Gasteiger partial charge in [-0.3, -0.25) is 9.10 Å². The highest BCUT2D eigenvalue weighted by atomic mass is 35.5. The molecule has 0 saturated heterocycles. The summed E-state index contributed by atoms with van der Waals surface area (Å²) in [5.74, 6) is 0.139. The number of rotatable bonds is 5. The second kappa shape index (κ2) is 7.53. The highest BCUT2D eigenvalue weighted by molar-refractivity contribution is 7.92. The Morgan fingerprint density at radius 2 is 2.04 bits per heavy atom.